The third-order valence-corrected chi connectivity index (χ3v) is 8.24. The molecule has 4 aliphatic rings. The second-order valence-electron chi connectivity index (χ2n) is 5.97. The molecular formula is C20H15NSe. The summed E-state index contributed by atoms with van der Waals surface area (Å²) >= 11 is 0.330. The first-order chi connectivity index (χ1) is 10.8. The summed E-state index contributed by atoms with van der Waals surface area (Å²) in [5.74, 6) is 0. The van der Waals surface area contributed by atoms with E-state index in [0.29, 0.717) is 15.0 Å². The molecule has 0 aromatic heterocycles. The Morgan fingerprint density at radius 1 is 0.864 bits per heavy atom. The van der Waals surface area contributed by atoms with Crippen LogP contribution in [0.4, 0.5) is 5.69 Å². The maximum atomic E-state index is 3.71. The van der Waals surface area contributed by atoms with Crippen molar-refractivity contribution in [2.75, 3.05) is 5.32 Å². The van der Waals surface area contributed by atoms with Crippen LogP contribution >= 0.6 is 0 Å². The monoisotopic (exact) mass is 349 g/mol. The fraction of sp³-hybridized carbons (Fsp3) is 0.100. The van der Waals surface area contributed by atoms with E-state index in [2.05, 4.69) is 90.3 Å². The molecule has 1 nitrogen and oxygen atoms in total. The van der Waals surface area contributed by atoms with Crippen molar-refractivity contribution in [2.45, 2.75) is 4.31 Å². The molecule has 0 radical (unpaired) electrons. The third-order valence-electron chi connectivity index (χ3n) is 4.90. The molecule has 2 spiro atoms. The van der Waals surface area contributed by atoms with Crippen LogP contribution < -0.4 is 9.78 Å². The first kappa shape index (κ1) is 12.5. The summed E-state index contributed by atoms with van der Waals surface area (Å²) in [5.41, 5.74) is 3.95. The average Bonchev–Trinajstić information content (AvgIpc) is 2.57. The van der Waals surface area contributed by atoms with E-state index in [-0.39, 0.29) is 9.73 Å². The summed E-state index contributed by atoms with van der Waals surface area (Å²) < 4.78 is 1.48. The quantitative estimate of drug-likeness (QED) is 0.706. The first-order valence-corrected chi connectivity index (χ1v) is 9.26. The van der Waals surface area contributed by atoms with Crippen molar-refractivity contribution in [1.29, 1.82) is 0 Å². The summed E-state index contributed by atoms with van der Waals surface area (Å²) in [4.78, 5) is 0. The summed E-state index contributed by atoms with van der Waals surface area (Å²) in [7, 11) is 0. The zero-order valence-corrected chi connectivity index (χ0v) is 13.7. The van der Waals surface area contributed by atoms with E-state index in [1.54, 1.807) is 0 Å². The molecule has 1 aromatic carbocycles. The summed E-state index contributed by atoms with van der Waals surface area (Å²) in [6.07, 6.45) is 22.7. The summed E-state index contributed by atoms with van der Waals surface area (Å²) in [5, 5.41) is 3.71. The number of rotatable bonds is 0. The molecule has 0 saturated heterocycles. The van der Waals surface area contributed by atoms with Crippen LogP contribution in [0.25, 0.3) is 0 Å². The predicted molar refractivity (Wildman–Crippen MR) is 93.3 cm³/mol. The van der Waals surface area contributed by atoms with Crippen LogP contribution in [-0.4, -0.2) is 15.0 Å². The van der Waals surface area contributed by atoms with Gasteiger partial charge in [-0.05, 0) is 0 Å². The van der Waals surface area contributed by atoms with Crippen molar-refractivity contribution in [1.82, 2.24) is 0 Å². The number of allylic oxidation sites excluding steroid dienone is 11. The summed E-state index contributed by atoms with van der Waals surface area (Å²) in [6.45, 7) is 0. The van der Waals surface area contributed by atoms with Gasteiger partial charge in [0.25, 0.3) is 0 Å². The average molecular weight is 348 g/mol. The standard InChI is InChI=1S/C20H15NSe/c1-2-9-17-16(8-1)21-18-11-10-15-7-3-4-12-19(15)13-5-6-14-20(18,19)22-17/h1-14,21H. The van der Waals surface area contributed by atoms with Crippen LogP contribution in [0.3, 0.4) is 0 Å². The molecule has 0 bridgehead atoms. The molecule has 3 aliphatic carbocycles. The minimum atomic E-state index is -0.0406. The van der Waals surface area contributed by atoms with Gasteiger partial charge in [0.1, 0.15) is 0 Å². The Bertz CT molecular complexity index is 842. The third kappa shape index (κ3) is 1.39. The van der Waals surface area contributed by atoms with E-state index in [4.69, 9.17) is 0 Å². The molecule has 1 heterocycles. The Kier molecular flexibility index (Phi) is 2.42. The Hall–Kier alpha value is -2.02. The van der Waals surface area contributed by atoms with Crippen molar-refractivity contribution in [3.05, 3.63) is 96.3 Å². The van der Waals surface area contributed by atoms with Crippen LogP contribution in [0.15, 0.2) is 96.3 Å². The molecule has 106 valence electrons. The minimum absolute atomic E-state index is 0.0223. The van der Waals surface area contributed by atoms with Gasteiger partial charge in [-0.25, -0.2) is 0 Å². The van der Waals surface area contributed by atoms with Crippen molar-refractivity contribution < 1.29 is 0 Å². The van der Waals surface area contributed by atoms with Crippen molar-refractivity contribution in [3.63, 3.8) is 0 Å². The van der Waals surface area contributed by atoms with E-state index < -0.39 is 0 Å². The van der Waals surface area contributed by atoms with Crippen LogP contribution in [0.5, 0.6) is 0 Å². The number of hydrogen-bond donors (Lipinski definition) is 1. The Labute approximate surface area is 136 Å². The maximum absolute atomic E-state index is 3.71. The van der Waals surface area contributed by atoms with Gasteiger partial charge in [-0.2, -0.15) is 0 Å². The number of para-hydroxylation sites is 1. The number of fused-ring (bicyclic) bond motifs is 1. The van der Waals surface area contributed by atoms with Gasteiger partial charge in [-0.1, -0.05) is 0 Å². The molecule has 2 heteroatoms. The first-order valence-electron chi connectivity index (χ1n) is 7.55. The van der Waals surface area contributed by atoms with E-state index in [9.17, 15) is 0 Å². The topological polar surface area (TPSA) is 12.0 Å². The Balaban J connectivity index is 1.80. The van der Waals surface area contributed by atoms with E-state index in [1.165, 1.54) is 21.4 Å². The normalized spacial score (nSPS) is 32.9. The summed E-state index contributed by atoms with van der Waals surface area (Å²) in [6, 6.07) is 8.73. The second-order valence-corrected chi connectivity index (χ2v) is 8.67. The van der Waals surface area contributed by atoms with Crippen molar-refractivity contribution in [2.24, 2.45) is 5.41 Å². The molecule has 2 unspecified atom stereocenters. The molecule has 0 amide bonds. The molecule has 2 atom stereocenters. The van der Waals surface area contributed by atoms with Gasteiger partial charge in [0.15, 0.2) is 0 Å². The number of anilines is 1. The molecule has 1 N–H and O–H groups in total. The van der Waals surface area contributed by atoms with Crippen molar-refractivity contribution >= 4 is 25.1 Å². The Morgan fingerprint density at radius 2 is 1.68 bits per heavy atom. The number of hydrogen-bond acceptors (Lipinski definition) is 1. The SMILES string of the molecule is C1=CC2=CC=C3Nc4ccccc4[Se]C34C=CC=CC24C=C1. The van der Waals surface area contributed by atoms with Gasteiger partial charge in [-0.15, -0.1) is 0 Å². The van der Waals surface area contributed by atoms with E-state index in [0.717, 1.165) is 0 Å². The van der Waals surface area contributed by atoms with E-state index in [1.807, 2.05) is 0 Å². The molecule has 0 saturated carbocycles. The van der Waals surface area contributed by atoms with Gasteiger partial charge in [0.2, 0.25) is 0 Å². The number of benzene rings is 1. The zero-order chi connectivity index (χ0) is 14.6. The second kappa shape index (κ2) is 4.25. The molecule has 1 aromatic rings. The fourth-order valence-electron chi connectivity index (χ4n) is 3.84. The Morgan fingerprint density at radius 3 is 2.64 bits per heavy atom. The fourth-order valence-corrected chi connectivity index (χ4v) is 7.03. The predicted octanol–water partition coefficient (Wildman–Crippen LogP) is 3.66. The zero-order valence-electron chi connectivity index (χ0n) is 12.0. The van der Waals surface area contributed by atoms with Crippen LogP contribution in [0.2, 0.25) is 4.31 Å². The molecule has 5 rings (SSSR count). The van der Waals surface area contributed by atoms with Crippen molar-refractivity contribution in [3.8, 4) is 0 Å². The van der Waals surface area contributed by atoms with Crippen LogP contribution in [0, 0.1) is 5.41 Å². The van der Waals surface area contributed by atoms with Crippen LogP contribution in [-0.2, 0) is 0 Å². The molecule has 22 heavy (non-hydrogen) atoms. The number of nitrogens with one attached hydrogen (secondary N) is 1. The van der Waals surface area contributed by atoms with Gasteiger partial charge in [-0.3, -0.25) is 0 Å². The molecule has 0 fully saturated rings. The van der Waals surface area contributed by atoms with Gasteiger partial charge in [0.05, 0.1) is 0 Å². The van der Waals surface area contributed by atoms with Gasteiger partial charge >= 0.3 is 136 Å². The molecule has 1 aliphatic heterocycles. The van der Waals surface area contributed by atoms with Gasteiger partial charge in [0, 0.05) is 0 Å². The van der Waals surface area contributed by atoms with Gasteiger partial charge < -0.3 is 0 Å². The van der Waals surface area contributed by atoms with Crippen LogP contribution in [0.1, 0.15) is 0 Å². The molecular weight excluding hydrogens is 333 g/mol. The van der Waals surface area contributed by atoms with E-state index >= 15 is 0 Å².